The molecule has 5 heteroatoms. The maximum Gasteiger partial charge on any atom is 0.319 e. The monoisotopic (exact) mass is 239 g/mol. The Labute approximate surface area is 100 Å². The van der Waals surface area contributed by atoms with Gasteiger partial charge in [-0.05, 0) is 44.5 Å². The number of amides is 2. The fourth-order valence-corrected chi connectivity index (χ4v) is 1.54. The van der Waals surface area contributed by atoms with Crippen molar-refractivity contribution in [2.45, 2.75) is 32.4 Å². The second kappa shape index (κ2) is 6.20. The van der Waals surface area contributed by atoms with Gasteiger partial charge in [0.15, 0.2) is 0 Å². The molecule has 2 amide bonds. The molecule has 0 aliphatic carbocycles. The first-order chi connectivity index (χ1) is 7.97. The van der Waals surface area contributed by atoms with Gasteiger partial charge in [-0.15, -0.1) is 0 Å². The van der Waals surface area contributed by atoms with Crippen molar-refractivity contribution in [2.75, 3.05) is 5.32 Å². The number of hydrogen-bond donors (Lipinski definition) is 3. The molecule has 1 rings (SSSR count). The molecule has 0 fully saturated rings. The molecule has 0 saturated heterocycles. The van der Waals surface area contributed by atoms with Gasteiger partial charge in [0.25, 0.3) is 0 Å². The van der Waals surface area contributed by atoms with E-state index in [9.17, 15) is 9.18 Å². The molecule has 2 atom stereocenters. The largest absolute Gasteiger partial charge is 0.335 e. The molecule has 4 N–H and O–H groups in total. The van der Waals surface area contributed by atoms with Gasteiger partial charge in [-0.2, -0.15) is 0 Å². The van der Waals surface area contributed by atoms with Crippen LogP contribution in [0.2, 0.25) is 0 Å². The molecule has 1 aromatic rings. The highest BCUT2D eigenvalue weighted by atomic mass is 19.1. The summed E-state index contributed by atoms with van der Waals surface area (Å²) in [5.74, 6) is -0.332. The summed E-state index contributed by atoms with van der Waals surface area (Å²) in [6, 6.07) is 5.31. The van der Waals surface area contributed by atoms with Gasteiger partial charge < -0.3 is 16.4 Å². The minimum absolute atomic E-state index is 0.00421. The van der Waals surface area contributed by atoms with E-state index in [4.69, 9.17) is 5.73 Å². The zero-order valence-electron chi connectivity index (χ0n) is 10.0. The van der Waals surface area contributed by atoms with Gasteiger partial charge in [0, 0.05) is 17.8 Å². The zero-order chi connectivity index (χ0) is 12.8. The number of carbonyl (C=O) groups excluding carboxylic acids is 1. The topological polar surface area (TPSA) is 67.1 Å². The van der Waals surface area contributed by atoms with Gasteiger partial charge in [-0.1, -0.05) is 0 Å². The highest BCUT2D eigenvalue weighted by Gasteiger charge is 2.09. The Morgan fingerprint density at radius 2 is 1.94 bits per heavy atom. The summed E-state index contributed by atoms with van der Waals surface area (Å²) < 4.78 is 12.6. The van der Waals surface area contributed by atoms with Crippen LogP contribution in [0.3, 0.4) is 0 Å². The molecule has 2 unspecified atom stereocenters. The Morgan fingerprint density at radius 3 is 2.47 bits per heavy atom. The molecule has 0 bridgehead atoms. The summed E-state index contributed by atoms with van der Waals surface area (Å²) in [6.45, 7) is 3.77. The number of anilines is 1. The molecular weight excluding hydrogens is 221 g/mol. The van der Waals surface area contributed by atoms with Crippen LogP contribution in [0.5, 0.6) is 0 Å². The average molecular weight is 239 g/mol. The Bertz CT molecular complexity index is 365. The predicted molar refractivity (Wildman–Crippen MR) is 66.3 cm³/mol. The van der Waals surface area contributed by atoms with E-state index in [0.29, 0.717) is 12.1 Å². The van der Waals surface area contributed by atoms with Crippen LogP contribution >= 0.6 is 0 Å². The Morgan fingerprint density at radius 1 is 1.35 bits per heavy atom. The van der Waals surface area contributed by atoms with Crippen LogP contribution in [0.15, 0.2) is 24.3 Å². The molecule has 94 valence electrons. The van der Waals surface area contributed by atoms with E-state index >= 15 is 0 Å². The lowest BCUT2D eigenvalue weighted by Crippen LogP contribution is -2.39. The van der Waals surface area contributed by atoms with Crippen molar-refractivity contribution in [3.8, 4) is 0 Å². The maximum absolute atomic E-state index is 12.6. The van der Waals surface area contributed by atoms with Crippen molar-refractivity contribution >= 4 is 11.7 Å². The lowest BCUT2D eigenvalue weighted by atomic mass is 10.1. The molecule has 0 spiro atoms. The summed E-state index contributed by atoms with van der Waals surface area (Å²) >= 11 is 0. The first kappa shape index (κ1) is 13.4. The van der Waals surface area contributed by atoms with Gasteiger partial charge in [0.2, 0.25) is 0 Å². The first-order valence-electron chi connectivity index (χ1n) is 5.56. The van der Waals surface area contributed by atoms with E-state index < -0.39 is 0 Å². The summed E-state index contributed by atoms with van der Waals surface area (Å²) in [5, 5.41) is 5.37. The second-order valence-electron chi connectivity index (χ2n) is 4.22. The number of nitrogens with one attached hydrogen (secondary N) is 2. The molecule has 0 heterocycles. The Balaban J connectivity index is 2.41. The van der Waals surface area contributed by atoms with Crippen LogP contribution in [-0.4, -0.2) is 18.1 Å². The maximum atomic E-state index is 12.6. The minimum Gasteiger partial charge on any atom is -0.335 e. The number of urea groups is 1. The van der Waals surface area contributed by atoms with Crippen LogP contribution in [0, 0.1) is 5.82 Å². The molecule has 17 heavy (non-hydrogen) atoms. The Hall–Kier alpha value is -1.62. The van der Waals surface area contributed by atoms with Gasteiger partial charge in [0.05, 0.1) is 0 Å². The van der Waals surface area contributed by atoms with E-state index in [1.165, 1.54) is 24.3 Å². The molecule has 0 aromatic heterocycles. The number of nitrogens with two attached hydrogens (primary N) is 1. The summed E-state index contributed by atoms with van der Waals surface area (Å²) in [7, 11) is 0. The van der Waals surface area contributed by atoms with E-state index in [1.54, 1.807) is 0 Å². The smallest absolute Gasteiger partial charge is 0.319 e. The van der Waals surface area contributed by atoms with Gasteiger partial charge in [0.1, 0.15) is 5.82 Å². The third-order valence-corrected chi connectivity index (χ3v) is 2.20. The number of halogens is 1. The standard InChI is InChI=1S/C12H18FN3O/c1-8(14)7-9(2)15-12(17)16-11-5-3-10(13)4-6-11/h3-6,8-9H,7,14H2,1-2H3,(H2,15,16,17). The quantitative estimate of drug-likeness (QED) is 0.753. The molecule has 0 radical (unpaired) electrons. The molecule has 0 saturated carbocycles. The molecule has 0 aliphatic heterocycles. The summed E-state index contributed by atoms with van der Waals surface area (Å²) in [6.07, 6.45) is 0.705. The fourth-order valence-electron chi connectivity index (χ4n) is 1.54. The van der Waals surface area contributed by atoms with E-state index in [1.807, 2.05) is 13.8 Å². The van der Waals surface area contributed by atoms with E-state index in [-0.39, 0.29) is 23.9 Å². The van der Waals surface area contributed by atoms with Crippen molar-refractivity contribution in [2.24, 2.45) is 5.73 Å². The second-order valence-corrected chi connectivity index (χ2v) is 4.22. The number of benzene rings is 1. The third-order valence-electron chi connectivity index (χ3n) is 2.20. The van der Waals surface area contributed by atoms with Crippen LogP contribution in [-0.2, 0) is 0 Å². The van der Waals surface area contributed by atoms with E-state index in [2.05, 4.69) is 10.6 Å². The minimum atomic E-state index is -0.332. The lowest BCUT2D eigenvalue weighted by molar-refractivity contribution is 0.248. The van der Waals surface area contributed by atoms with E-state index in [0.717, 1.165) is 0 Å². The summed E-state index contributed by atoms with van der Waals surface area (Å²) in [4.78, 5) is 11.5. The van der Waals surface area contributed by atoms with Gasteiger partial charge in [-0.25, -0.2) is 9.18 Å². The van der Waals surface area contributed by atoms with Crippen molar-refractivity contribution in [1.29, 1.82) is 0 Å². The third kappa shape index (κ3) is 5.31. The number of rotatable bonds is 4. The van der Waals surface area contributed by atoms with Crippen molar-refractivity contribution in [3.05, 3.63) is 30.1 Å². The molecule has 4 nitrogen and oxygen atoms in total. The van der Waals surface area contributed by atoms with Crippen LogP contribution in [0.4, 0.5) is 14.9 Å². The molecule has 0 aliphatic rings. The molecule has 1 aromatic carbocycles. The highest BCUT2D eigenvalue weighted by molar-refractivity contribution is 5.89. The fraction of sp³-hybridized carbons (Fsp3) is 0.417. The van der Waals surface area contributed by atoms with Crippen molar-refractivity contribution < 1.29 is 9.18 Å². The van der Waals surface area contributed by atoms with Crippen LogP contribution in [0.1, 0.15) is 20.3 Å². The Kier molecular flexibility index (Phi) is 4.90. The predicted octanol–water partition coefficient (Wildman–Crippen LogP) is 2.07. The summed E-state index contributed by atoms with van der Waals surface area (Å²) in [5.41, 5.74) is 6.18. The van der Waals surface area contributed by atoms with Crippen LogP contribution in [0.25, 0.3) is 0 Å². The van der Waals surface area contributed by atoms with Gasteiger partial charge in [-0.3, -0.25) is 0 Å². The highest BCUT2D eigenvalue weighted by Crippen LogP contribution is 2.08. The molecular formula is C12H18FN3O. The first-order valence-corrected chi connectivity index (χ1v) is 5.56. The SMILES string of the molecule is CC(N)CC(C)NC(=O)Nc1ccc(F)cc1. The number of hydrogen-bond acceptors (Lipinski definition) is 2. The van der Waals surface area contributed by atoms with Crippen molar-refractivity contribution in [3.63, 3.8) is 0 Å². The van der Waals surface area contributed by atoms with Crippen molar-refractivity contribution in [1.82, 2.24) is 5.32 Å². The van der Waals surface area contributed by atoms with Gasteiger partial charge >= 0.3 is 6.03 Å². The lowest BCUT2D eigenvalue weighted by Gasteiger charge is -2.16. The average Bonchev–Trinajstić information content (AvgIpc) is 2.19. The normalized spacial score (nSPS) is 13.9. The zero-order valence-corrected chi connectivity index (χ0v) is 10.0. The van der Waals surface area contributed by atoms with Crippen LogP contribution < -0.4 is 16.4 Å². The number of carbonyl (C=O) groups is 1.